The van der Waals surface area contributed by atoms with Gasteiger partial charge in [0.05, 0.1) is 31.0 Å². The van der Waals surface area contributed by atoms with Crippen molar-refractivity contribution in [2.24, 2.45) is 0 Å². The molecule has 0 aliphatic carbocycles. The van der Waals surface area contributed by atoms with Crippen molar-refractivity contribution in [2.75, 3.05) is 18.4 Å². The van der Waals surface area contributed by atoms with Crippen LogP contribution in [0.25, 0.3) is 0 Å². The molecule has 2 rings (SSSR count). The smallest absolute Gasteiger partial charge is 0.322 e. The molecular weight excluding hydrogens is 296 g/mol. The number of carbonyl (C=O) groups excluding carboxylic acids is 1. The zero-order valence-corrected chi connectivity index (χ0v) is 12.1. The summed E-state index contributed by atoms with van der Waals surface area (Å²) in [6, 6.07) is 7.49. The van der Waals surface area contributed by atoms with Crippen LogP contribution in [0.4, 0.5) is 10.5 Å². The monoisotopic (exact) mass is 312 g/mol. The lowest BCUT2D eigenvalue weighted by molar-refractivity contribution is -0.0624. The molecule has 4 nitrogen and oxygen atoms in total. The van der Waals surface area contributed by atoms with E-state index in [-0.39, 0.29) is 18.2 Å². The molecule has 0 saturated carbocycles. The van der Waals surface area contributed by atoms with Gasteiger partial charge in [-0.05, 0) is 41.9 Å². The van der Waals surface area contributed by atoms with E-state index in [1.165, 1.54) is 0 Å². The number of benzene rings is 1. The van der Waals surface area contributed by atoms with Gasteiger partial charge in [-0.3, -0.25) is 0 Å². The first-order chi connectivity index (χ1) is 8.56. The lowest BCUT2D eigenvalue weighted by Crippen LogP contribution is -2.56. The summed E-state index contributed by atoms with van der Waals surface area (Å²) in [5.74, 6) is 0. The Hall–Kier alpha value is -1.07. The number of ether oxygens (including phenoxy) is 1. The molecule has 1 fully saturated rings. The van der Waals surface area contributed by atoms with Crippen molar-refractivity contribution >= 4 is 27.6 Å². The van der Waals surface area contributed by atoms with Crippen molar-refractivity contribution in [3.8, 4) is 0 Å². The molecule has 1 aromatic rings. The fourth-order valence-electron chi connectivity index (χ4n) is 1.83. The molecule has 1 aromatic carbocycles. The zero-order chi connectivity index (χ0) is 13.1. The Morgan fingerprint density at radius 2 is 2.11 bits per heavy atom. The number of hydrogen-bond acceptors (Lipinski definition) is 2. The van der Waals surface area contributed by atoms with Crippen molar-refractivity contribution in [3.05, 3.63) is 28.7 Å². The van der Waals surface area contributed by atoms with Gasteiger partial charge in [0.25, 0.3) is 0 Å². The first kappa shape index (κ1) is 13.4. The minimum Gasteiger partial charge on any atom is -0.372 e. The molecule has 1 N–H and O–H groups in total. The van der Waals surface area contributed by atoms with Crippen LogP contribution < -0.4 is 5.32 Å². The summed E-state index contributed by atoms with van der Waals surface area (Å²) < 4.78 is 6.49. The van der Waals surface area contributed by atoms with Crippen LogP contribution >= 0.6 is 15.9 Å². The molecule has 1 heterocycles. The normalized spacial score (nSPS) is 15.7. The summed E-state index contributed by atoms with van der Waals surface area (Å²) in [6.45, 7) is 5.33. The molecule has 18 heavy (non-hydrogen) atoms. The number of nitrogens with one attached hydrogen (secondary N) is 1. The van der Waals surface area contributed by atoms with E-state index < -0.39 is 0 Å². The highest BCUT2D eigenvalue weighted by molar-refractivity contribution is 9.10. The van der Waals surface area contributed by atoms with Crippen LogP contribution in [0.3, 0.4) is 0 Å². The maximum absolute atomic E-state index is 11.9. The van der Waals surface area contributed by atoms with Crippen LogP contribution in [0.2, 0.25) is 0 Å². The maximum Gasteiger partial charge on any atom is 0.322 e. The molecule has 2 amide bonds. The number of anilines is 1. The van der Waals surface area contributed by atoms with Crippen LogP contribution in [0, 0.1) is 0 Å². The molecule has 0 atom stereocenters. The third-order valence-electron chi connectivity index (χ3n) is 2.72. The Kier molecular flexibility index (Phi) is 4.24. The maximum atomic E-state index is 11.9. The highest BCUT2D eigenvalue weighted by Crippen LogP contribution is 2.22. The molecule has 0 bridgehead atoms. The number of likely N-dealkylation sites (tertiary alicyclic amines) is 1. The summed E-state index contributed by atoms with van der Waals surface area (Å²) >= 11 is 3.40. The van der Waals surface area contributed by atoms with Gasteiger partial charge >= 0.3 is 6.03 Å². The van der Waals surface area contributed by atoms with E-state index in [4.69, 9.17) is 4.74 Å². The average molecular weight is 313 g/mol. The van der Waals surface area contributed by atoms with Crippen LogP contribution in [0.5, 0.6) is 0 Å². The number of nitrogens with zero attached hydrogens (tertiary/aromatic N) is 1. The predicted octanol–water partition coefficient (Wildman–Crippen LogP) is 3.09. The van der Waals surface area contributed by atoms with Crippen molar-refractivity contribution in [2.45, 2.75) is 26.1 Å². The van der Waals surface area contributed by atoms with Gasteiger partial charge in [-0.25, -0.2) is 4.79 Å². The molecule has 5 heteroatoms. The third-order valence-corrected chi connectivity index (χ3v) is 3.41. The lowest BCUT2D eigenvalue weighted by atomic mass is 10.2. The second kappa shape index (κ2) is 5.71. The van der Waals surface area contributed by atoms with Gasteiger partial charge in [-0.2, -0.15) is 0 Å². The van der Waals surface area contributed by atoms with Crippen LogP contribution in [0.15, 0.2) is 28.7 Å². The number of carbonyl (C=O) groups is 1. The summed E-state index contributed by atoms with van der Waals surface area (Å²) in [5.41, 5.74) is 0.788. The second-order valence-electron chi connectivity index (χ2n) is 4.62. The highest BCUT2D eigenvalue weighted by atomic mass is 79.9. The fraction of sp³-hybridized carbons (Fsp3) is 0.462. The summed E-state index contributed by atoms with van der Waals surface area (Å²) in [7, 11) is 0. The Bertz CT molecular complexity index is 431. The average Bonchev–Trinajstić information content (AvgIpc) is 2.25. The topological polar surface area (TPSA) is 41.6 Å². The van der Waals surface area contributed by atoms with E-state index in [0.717, 1.165) is 10.2 Å². The molecule has 0 radical (unpaired) electrons. The minimum atomic E-state index is -0.0782. The van der Waals surface area contributed by atoms with Crippen molar-refractivity contribution in [1.82, 2.24) is 4.90 Å². The van der Waals surface area contributed by atoms with E-state index in [9.17, 15) is 4.79 Å². The summed E-state index contributed by atoms with van der Waals surface area (Å²) in [4.78, 5) is 13.7. The summed E-state index contributed by atoms with van der Waals surface area (Å²) in [6.07, 6.45) is 0.387. The SMILES string of the molecule is CC(C)OC1CN(C(=O)Nc2ccccc2Br)C1. The Labute approximate surface area is 115 Å². The number of rotatable bonds is 3. The van der Waals surface area contributed by atoms with E-state index in [1.54, 1.807) is 4.90 Å². The fourth-order valence-corrected chi connectivity index (χ4v) is 2.22. The summed E-state index contributed by atoms with van der Waals surface area (Å²) in [5, 5.41) is 2.87. The van der Waals surface area contributed by atoms with E-state index in [0.29, 0.717) is 13.1 Å². The van der Waals surface area contributed by atoms with Gasteiger partial charge in [0.2, 0.25) is 0 Å². The lowest BCUT2D eigenvalue weighted by Gasteiger charge is -2.39. The van der Waals surface area contributed by atoms with Gasteiger partial charge in [0.15, 0.2) is 0 Å². The van der Waals surface area contributed by atoms with E-state index >= 15 is 0 Å². The van der Waals surface area contributed by atoms with E-state index in [2.05, 4.69) is 21.2 Å². The molecule has 1 saturated heterocycles. The van der Waals surface area contributed by atoms with E-state index in [1.807, 2.05) is 38.1 Å². The first-order valence-corrected chi connectivity index (χ1v) is 6.81. The molecular formula is C13H17BrN2O2. The van der Waals surface area contributed by atoms with Crippen LogP contribution in [-0.4, -0.2) is 36.2 Å². The number of urea groups is 1. The van der Waals surface area contributed by atoms with Gasteiger partial charge in [-0.15, -0.1) is 0 Å². The molecule has 0 spiro atoms. The Morgan fingerprint density at radius 3 is 2.72 bits per heavy atom. The Balaban J connectivity index is 1.83. The highest BCUT2D eigenvalue weighted by Gasteiger charge is 2.32. The standard InChI is InChI=1S/C13H17BrN2O2/c1-9(2)18-10-7-16(8-10)13(17)15-12-6-4-3-5-11(12)14/h3-6,9-10H,7-8H2,1-2H3,(H,15,17). The largest absolute Gasteiger partial charge is 0.372 e. The first-order valence-electron chi connectivity index (χ1n) is 6.02. The minimum absolute atomic E-state index is 0.0782. The number of para-hydroxylation sites is 1. The second-order valence-corrected chi connectivity index (χ2v) is 5.48. The van der Waals surface area contributed by atoms with Crippen molar-refractivity contribution < 1.29 is 9.53 Å². The molecule has 98 valence electrons. The van der Waals surface area contributed by atoms with Gasteiger partial charge in [-0.1, -0.05) is 12.1 Å². The molecule has 0 unspecified atom stereocenters. The zero-order valence-electron chi connectivity index (χ0n) is 10.5. The van der Waals surface area contributed by atoms with Gasteiger partial charge in [0.1, 0.15) is 0 Å². The third kappa shape index (κ3) is 3.23. The van der Waals surface area contributed by atoms with Crippen LogP contribution in [0.1, 0.15) is 13.8 Å². The van der Waals surface area contributed by atoms with Gasteiger partial charge < -0.3 is 15.0 Å². The Morgan fingerprint density at radius 1 is 1.44 bits per heavy atom. The number of halogens is 1. The molecule has 1 aliphatic rings. The van der Waals surface area contributed by atoms with Crippen LogP contribution in [-0.2, 0) is 4.74 Å². The molecule has 0 aromatic heterocycles. The van der Waals surface area contributed by atoms with Crippen molar-refractivity contribution in [3.63, 3.8) is 0 Å². The number of hydrogen-bond donors (Lipinski definition) is 1. The van der Waals surface area contributed by atoms with Gasteiger partial charge in [0, 0.05) is 4.47 Å². The predicted molar refractivity (Wildman–Crippen MR) is 74.7 cm³/mol. The van der Waals surface area contributed by atoms with Crippen molar-refractivity contribution in [1.29, 1.82) is 0 Å². The molecule has 1 aliphatic heterocycles. The quantitative estimate of drug-likeness (QED) is 0.932. The number of amides is 2.